The number of likely N-dealkylation sites (N-methyl/N-ethyl adjacent to an activating group) is 2. The predicted molar refractivity (Wildman–Crippen MR) is 75.1 cm³/mol. The van der Waals surface area contributed by atoms with E-state index in [1.54, 1.807) is 0 Å². The lowest BCUT2D eigenvalue weighted by Crippen LogP contribution is -2.39. The summed E-state index contributed by atoms with van der Waals surface area (Å²) in [5, 5.41) is 13.0. The molecular weight excluding hydrogens is 294 g/mol. The molecule has 0 heterocycles. The normalized spacial score (nSPS) is 9.73. The van der Waals surface area contributed by atoms with E-state index in [4.69, 9.17) is 4.74 Å². The number of hydrogen-bond acceptors (Lipinski definition) is 6. The van der Waals surface area contributed by atoms with Crippen molar-refractivity contribution in [2.75, 3.05) is 27.2 Å². The van der Waals surface area contributed by atoms with Crippen LogP contribution in [-0.4, -0.2) is 54.9 Å². The zero-order valence-corrected chi connectivity index (χ0v) is 12.1. The number of nitrogens with zero attached hydrogens (tertiary/aromatic N) is 2. The van der Waals surface area contributed by atoms with Crippen LogP contribution in [0.25, 0.3) is 0 Å². The highest BCUT2D eigenvalue weighted by Gasteiger charge is 2.17. The minimum absolute atomic E-state index is 0.0315. The third kappa shape index (κ3) is 4.85. The van der Waals surface area contributed by atoms with Crippen LogP contribution in [0.4, 0.5) is 5.69 Å². The second kappa shape index (κ2) is 7.72. The van der Waals surface area contributed by atoms with E-state index in [1.165, 1.54) is 32.3 Å². The van der Waals surface area contributed by atoms with Crippen molar-refractivity contribution < 1.29 is 24.0 Å². The van der Waals surface area contributed by atoms with Gasteiger partial charge in [0.05, 0.1) is 17.0 Å². The van der Waals surface area contributed by atoms with Gasteiger partial charge in [-0.15, -0.1) is 0 Å². The molecule has 0 fully saturated rings. The minimum Gasteiger partial charge on any atom is -0.452 e. The van der Waals surface area contributed by atoms with Crippen LogP contribution in [0.2, 0.25) is 0 Å². The second-order valence-corrected chi connectivity index (χ2v) is 4.31. The van der Waals surface area contributed by atoms with Gasteiger partial charge in [0.15, 0.2) is 6.61 Å². The number of carbonyl (C=O) groups is 3. The van der Waals surface area contributed by atoms with Gasteiger partial charge < -0.3 is 15.0 Å². The fourth-order valence-electron chi connectivity index (χ4n) is 1.45. The standard InChI is InChI=1S/C13H15N3O6/c1-14-11(17)7-15(2)12(18)8-22-13(19)9-4-3-5-10(6-9)16(20)21/h3-6H,7-8H2,1-2H3,(H,14,17). The Labute approximate surface area is 126 Å². The van der Waals surface area contributed by atoms with Crippen molar-refractivity contribution in [2.24, 2.45) is 0 Å². The van der Waals surface area contributed by atoms with Gasteiger partial charge in [-0.2, -0.15) is 0 Å². The molecule has 0 aliphatic carbocycles. The molecule has 9 heteroatoms. The molecule has 1 aromatic carbocycles. The largest absolute Gasteiger partial charge is 0.452 e. The predicted octanol–water partition coefficient (Wildman–Crippen LogP) is -0.0440. The van der Waals surface area contributed by atoms with E-state index < -0.39 is 23.4 Å². The molecule has 0 aromatic heterocycles. The Morgan fingerprint density at radius 1 is 1.36 bits per heavy atom. The van der Waals surface area contributed by atoms with E-state index in [0.29, 0.717) is 0 Å². The van der Waals surface area contributed by atoms with Gasteiger partial charge in [0, 0.05) is 26.2 Å². The van der Waals surface area contributed by atoms with E-state index in [2.05, 4.69) is 5.32 Å². The zero-order chi connectivity index (χ0) is 16.7. The highest BCUT2D eigenvalue weighted by molar-refractivity contribution is 5.92. The molecule has 118 valence electrons. The maximum absolute atomic E-state index is 11.7. The Bertz CT molecular complexity index is 601. The molecule has 2 amide bonds. The number of ether oxygens (including phenoxy) is 1. The van der Waals surface area contributed by atoms with Crippen LogP contribution >= 0.6 is 0 Å². The molecule has 9 nitrogen and oxygen atoms in total. The number of amides is 2. The Morgan fingerprint density at radius 2 is 2.05 bits per heavy atom. The summed E-state index contributed by atoms with van der Waals surface area (Å²) in [5.41, 5.74) is -0.284. The first-order chi connectivity index (χ1) is 10.3. The summed E-state index contributed by atoms with van der Waals surface area (Å²) in [5.74, 6) is -1.78. The summed E-state index contributed by atoms with van der Waals surface area (Å²) in [6.45, 7) is -0.723. The molecule has 0 unspecified atom stereocenters. The SMILES string of the molecule is CNC(=O)CN(C)C(=O)COC(=O)c1cccc([N+](=O)[O-])c1. The third-order valence-corrected chi connectivity index (χ3v) is 2.70. The summed E-state index contributed by atoms with van der Waals surface area (Å²) >= 11 is 0. The van der Waals surface area contributed by atoms with Gasteiger partial charge in [0.1, 0.15) is 0 Å². The first kappa shape index (κ1) is 17.1. The van der Waals surface area contributed by atoms with Crippen molar-refractivity contribution in [1.29, 1.82) is 0 Å². The van der Waals surface area contributed by atoms with Crippen LogP contribution in [-0.2, 0) is 14.3 Å². The minimum atomic E-state index is -0.856. The van der Waals surface area contributed by atoms with Crippen molar-refractivity contribution >= 4 is 23.5 Å². The molecule has 0 bridgehead atoms. The summed E-state index contributed by atoms with van der Waals surface area (Å²) in [6.07, 6.45) is 0. The smallest absolute Gasteiger partial charge is 0.338 e. The average molecular weight is 309 g/mol. The van der Waals surface area contributed by atoms with Crippen LogP contribution in [0.5, 0.6) is 0 Å². The molecular formula is C13H15N3O6. The monoisotopic (exact) mass is 309 g/mol. The molecule has 0 spiro atoms. The third-order valence-electron chi connectivity index (χ3n) is 2.70. The highest BCUT2D eigenvalue weighted by Crippen LogP contribution is 2.13. The fraction of sp³-hybridized carbons (Fsp3) is 0.308. The number of carbonyl (C=O) groups excluding carboxylic acids is 3. The number of rotatable bonds is 6. The molecule has 0 atom stereocenters. The Balaban J connectivity index is 2.59. The number of esters is 1. The lowest BCUT2D eigenvalue weighted by Gasteiger charge is -2.15. The van der Waals surface area contributed by atoms with Gasteiger partial charge in [-0.05, 0) is 6.07 Å². The van der Waals surface area contributed by atoms with E-state index in [-0.39, 0.29) is 23.7 Å². The molecule has 0 saturated heterocycles. The summed E-state index contributed by atoms with van der Waals surface area (Å²) < 4.78 is 4.78. The van der Waals surface area contributed by atoms with Crippen molar-refractivity contribution in [1.82, 2.24) is 10.2 Å². The number of non-ortho nitro benzene ring substituents is 1. The maximum atomic E-state index is 11.7. The van der Waals surface area contributed by atoms with Crippen molar-refractivity contribution in [3.8, 4) is 0 Å². The van der Waals surface area contributed by atoms with E-state index in [1.807, 2.05) is 0 Å². The lowest BCUT2D eigenvalue weighted by atomic mass is 10.2. The van der Waals surface area contributed by atoms with Crippen molar-refractivity contribution in [3.05, 3.63) is 39.9 Å². The van der Waals surface area contributed by atoms with Gasteiger partial charge in [0.25, 0.3) is 11.6 Å². The molecule has 0 aliphatic heterocycles. The number of nitro groups is 1. The fourth-order valence-corrected chi connectivity index (χ4v) is 1.45. The first-order valence-electron chi connectivity index (χ1n) is 6.21. The van der Waals surface area contributed by atoms with E-state index >= 15 is 0 Å². The Hall–Kier alpha value is -2.97. The van der Waals surface area contributed by atoms with Gasteiger partial charge in [-0.25, -0.2) is 4.79 Å². The summed E-state index contributed by atoms with van der Waals surface area (Å²) in [7, 11) is 2.82. The first-order valence-corrected chi connectivity index (χ1v) is 6.21. The molecule has 0 saturated carbocycles. The number of nitro benzene ring substituents is 1. The van der Waals surface area contributed by atoms with Crippen LogP contribution in [0.3, 0.4) is 0 Å². The maximum Gasteiger partial charge on any atom is 0.338 e. The van der Waals surface area contributed by atoms with Gasteiger partial charge in [-0.1, -0.05) is 6.07 Å². The van der Waals surface area contributed by atoms with Gasteiger partial charge in [0.2, 0.25) is 5.91 Å². The van der Waals surface area contributed by atoms with Gasteiger partial charge >= 0.3 is 5.97 Å². The Morgan fingerprint density at radius 3 is 2.64 bits per heavy atom. The zero-order valence-electron chi connectivity index (χ0n) is 12.1. The molecule has 1 N–H and O–H groups in total. The van der Waals surface area contributed by atoms with Crippen molar-refractivity contribution in [3.63, 3.8) is 0 Å². The van der Waals surface area contributed by atoms with E-state index in [0.717, 1.165) is 11.0 Å². The summed E-state index contributed by atoms with van der Waals surface area (Å²) in [4.78, 5) is 45.6. The van der Waals surface area contributed by atoms with Gasteiger partial charge in [-0.3, -0.25) is 19.7 Å². The molecule has 1 rings (SSSR count). The lowest BCUT2D eigenvalue weighted by molar-refractivity contribution is -0.384. The van der Waals surface area contributed by atoms with Crippen LogP contribution in [0.1, 0.15) is 10.4 Å². The Kier molecular flexibility index (Phi) is 5.99. The topological polar surface area (TPSA) is 119 Å². The quantitative estimate of drug-likeness (QED) is 0.447. The van der Waals surface area contributed by atoms with E-state index in [9.17, 15) is 24.5 Å². The van der Waals surface area contributed by atoms with Crippen LogP contribution in [0.15, 0.2) is 24.3 Å². The second-order valence-electron chi connectivity index (χ2n) is 4.31. The number of hydrogen-bond donors (Lipinski definition) is 1. The average Bonchev–Trinajstić information content (AvgIpc) is 2.51. The summed E-state index contributed by atoms with van der Waals surface area (Å²) in [6, 6.07) is 4.97. The molecule has 1 aromatic rings. The van der Waals surface area contributed by atoms with Crippen LogP contribution < -0.4 is 5.32 Å². The molecule has 0 radical (unpaired) electrons. The molecule has 0 aliphatic rings. The van der Waals surface area contributed by atoms with Crippen molar-refractivity contribution in [2.45, 2.75) is 0 Å². The number of benzene rings is 1. The number of nitrogens with one attached hydrogen (secondary N) is 1. The van der Waals surface area contributed by atoms with Crippen LogP contribution in [0, 0.1) is 10.1 Å². The highest BCUT2D eigenvalue weighted by atomic mass is 16.6. The molecule has 22 heavy (non-hydrogen) atoms.